The highest BCUT2D eigenvalue weighted by Gasteiger charge is 2.32. The molecule has 30 heavy (non-hydrogen) atoms. The fourth-order valence-electron chi connectivity index (χ4n) is 3.57. The summed E-state index contributed by atoms with van der Waals surface area (Å²) in [6.07, 6.45) is 0.875. The van der Waals surface area contributed by atoms with E-state index in [0.29, 0.717) is 38.2 Å². The third-order valence-electron chi connectivity index (χ3n) is 5.37. The first kappa shape index (κ1) is 22.1. The molecule has 1 unspecified atom stereocenters. The predicted octanol–water partition coefficient (Wildman–Crippen LogP) is 1.37. The van der Waals surface area contributed by atoms with Gasteiger partial charge < -0.3 is 19.7 Å². The van der Waals surface area contributed by atoms with E-state index in [9.17, 15) is 22.8 Å². The van der Waals surface area contributed by atoms with E-state index in [1.54, 1.807) is 11.8 Å². The number of carbonyl (C=O) groups excluding carboxylic acids is 3. The zero-order valence-corrected chi connectivity index (χ0v) is 17.9. The van der Waals surface area contributed by atoms with Crippen molar-refractivity contribution in [3.8, 4) is 5.75 Å². The van der Waals surface area contributed by atoms with Crippen molar-refractivity contribution in [3.05, 3.63) is 18.2 Å². The van der Waals surface area contributed by atoms with Crippen molar-refractivity contribution >= 4 is 33.3 Å². The van der Waals surface area contributed by atoms with Crippen molar-refractivity contribution in [2.24, 2.45) is 5.92 Å². The number of hydrogen-bond donors (Lipinski definition) is 1. The second-order valence-electron chi connectivity index (χ2n) is 7.46. The number of fused-ring (bicyclic) bond motifs is 1. The SMILES string of the molecule is CCOC(=O)C1CCN(C(=O)CC(C)S(=O)(=O)c2ccc3c(c2)OCC(=O)N3)CC1. The highest BCUT2D eigenvalue weighted by atomic mass is 32.2. The molecule has 1 fully saturated rings. The van der Waals surface area contributed by atoms with E-state index in [1.165, 1.54) is 25.1 Å². The Morgan fingerprint density at radius 3 is 2.67 bits per heavy atom. The molecule has 1 atom stereocenters. The van der Waals surface area contributed by atoms with E-state index in [-0.39, 0.29) is 47.4 Å². The second-order valence-corrected chi connectivity index (χ2v) is 9.83. The average Bonchev–Trinajstić information content (AvgIpc) is 2.73. The summed E-state index contributed by atoms with van der Waals surface area (Å²) in [5, 5.41) is 1.68. The van der Waals surface area contributed by atoms with Crippen LogP contribution in [-0.2, 0) is 29.0 Å². The average molecular weight is 439 g/mol. The van der Waals surface area contributed by atoms with Crippen LogP contribution in [0.5, 0.6) is 5.75 Å². The summed E-state index contributed by atoms with van der Waals surface area (Å²) < 4.78 is 36.2. The van der Waals surface area contributed by atoms with Gasteiger partial charge in [-0.3, -0.25) is 14.4 Å². The largest absolute Gasteiger partial charge is 0.482 e. The molecule has 0 aromatic heterocycles. The molecule has 0 radical (unpaired) electrons. The number of likely N-dealkylation sites (tertiary alicyclic amines) is 1. The van der Waals surface area contributed by atoms with Gasteiger partial charge in [0.1, 0.15) is 5.75 Å². The first-order chi connectivity index (χ1) is 14.2. The number of anilines is 1. The maximum Gasteiger partial charge on any atom is 0.309 e. The van der Waals surface area contributed by atoms with Crippen LogP contribution in [0.4, 0.5) is 5.69 Å². The molecule has 0 aliphatic carbocycles. The molecule has 0 bridgehead atoms. The lowest BCUT2D eigenvalue weighted by molar-refractivity contribution is -0.151. The molecule has 2 heterocycles. The van der Waals surface area contributed by atoms with Crippen molar-refractivity contribution in [1.82, 2.24) is 4.90 Å². The van der Waals surface area contributed by atoms with Gasteiger partial charge in [0.15, 0.2) is 16.4 Å². The van der Waals surface area contributed by atoms with Crippen molar-refractivity contribution < 1.29 is 32.3 Å². The fourth-order valence-corrected chi connectivity index (χ4v) is 4.93. The molecule has 1 N–H and O–H groups in total. The molecule has 164 valence electrons. The van der Waals surface area contributed by atoms with Gasteiger partial charge in [0.2, 0.25) is 5.91 Å². The lowest BCUT2D eigenvalue weighted by atomic mass is 9.97. The summed E-state index contributed by atoms with van der Waals surface area (Å²) >= 11 is 0. The van der Waals surface area contributed by atoms with E-state index < -0.39 is 15.1 Å². The molecule has 3 rings (SSSR count). The standard InChI is InChI=1S/C20H26N2O7S/c1-3-28-20(25)14-6-8-22(9-7-14)19(24)10-13(2)30(26,27)15-4-5-16-17(11-15)29-12-18(23)21-16/h4-5,11,13-14H,3,6-10,12H2,1-2H3,(H,21,23). The molecular formula is C20H26N2O7S. The van der Waals surface area contributed by atoms with Gasteiger partial charge >= 0.3 is 5.97 Å². The van der Waals surface area contributed by atoms with Gasteiger partial charge in [-0.2, -0.15) is 0 Å². The number of sulfone groups is 1. The third kappa shape index (κ3) is 4.75. The van der Waals surface area contributed by atoms with Crippen LogP contribution in [0.2, 0.25) is 0 Å². The van der Waals surface area contributed by atoms with Crippen molar-refractivity contribution in [2.45, 2.75) is 43.3 Å². The van der Waals surface area contributed by atoms with Gasteiger partial charge in [-0.05, 0) is 38.8 Å². The zero-order chi connectivity index (χ0) is 21.9. The summed E-state index contributed by atoms with van der Waals surface area (Å²) in [5.41, 5.74) is 0.415. The number of benzene rings is 1. The minimum absolute atomic E-state index is 0.0405. The van der Waals surface area contributed by atoms with Gasteiger partial charge in [0.25, 0.3) is 5.91 Å². The van der Waals surface area contributed by atoms with Crippen molar-refractivity contribution in [3.63, 3.8) is 0 Å². The van der Waals surface area contributed by atoms with Gasteiger partial charge in [-0.15, -0.1) is 0 Å². The Kier molecular flexibility index (Phi) is 6.64. The molecule has 9 nitrogen and oxygen atoms in total. The van der Waals surface area contributed by atoms with Crippen LogP contribution in [0.15, 0.2) is 23.1 Å². The van der Waals surface area contributed by atoms with Crippen LogP contribution in [0.3, 0.4) is 0 Å². The molecule has 1 aromatic carbocycles. The number of hydrogen-bond acceptors (Lipinski definition) is 7. The number of esters is 1. The number of carbonyl (C=O) groups is 3. The first-order valence-corrected chi connectivity index (χ1v) is 11.5. The van der Waals surface area contributed by atoms with E-state index in [2.05, 4.69) is 5.32 Å². The smallest absolute Gasteiger partial charge is 0.309 e. The number of nitrogens with zero attached hydrogens (tertiary/aromatic N) is 1. The molecule has 1 aromatic rings. The number of piperidine rings is 1. The fraction of sp³-hybridized carbons (Fsp3) is 0.550. The van der Waals surface area contributed by atoms with Crippen LogP contribution in [0.1, 0.15) is 33.1 Å². The van der Waals surface area contributed by atoms with E-state index in [0.717, 1.165) is 0 Å². The van der Waals surface area contributed by atoms with Crippen LogP contribution < -0.4 is 10.1 Å². The van der Waals surface area contributed by atoms with Gasteiger partial charge in [-0.25, -0.2) is 8.42 Å². The normalized spacial score (nSPS) is 18.1. The molecule has 0 saturated carbocycles. The summed E-state index contributed by atoms with van der Waals surface area (Å²) in [7, 11) is -3.77. The number of nitrogens with one attached hydrogen (secondary N) is 1. The van der Waals surface area contributed by atoms with Crippen LogP contribution in [-0.4, -0.2) is 62.7 Å². The van der Waals surface area contributed by atoms with Crippen LogP contribution in [0, 0.1) is 5.92 Å². The molecule has 0 spiro atoms. The quantitative estimate of drug-likeness (QED) is 0.666. The topological polar surface area (TPSA) is 119 Å². The Balaban J connectivity index is 1.61. The van der Waals surface area contributed by atoms with E-state index in [4.69, 9.17) is 9.47 Å². The zero-order valence-electron chi connectivity index (χ0n) is 17.0. The molecule has 10 heteroatoms. The van der Waals surface area contributed by atoms with Crippen LogP contribution >= 0.6 is 0 Å². The van der Waals surface area contributed by atoms with Gasteiger partial charge in [0.05, 0.1) is 28.4 Å². The predicted molar refractivity (Wildman–Crippen MR) is 108 cm³/mol. The minimum atomic E-state index is -3.77. The van der Waals surface area contributed by atoms with Gasteiger partial charge in [0, 0.05) is 25.6 Å². The van der Waals surface area contributed by atoms with Gasteiger partial charge in [-0.1, -0.05) is 0 Å². The highest BCUT2D eigenvalue weighted by Crippen LogP contribution is 2.32. The van der Waals surface area contributed by atoms with E-state index >= 15 is 0 Å². The number of ether oxygens (including phenoxy) is 2. The first-order valence-electron chi connectivity index (χ1n) is 9.97. The summed E-state index contributed by atoms with van der Waals surface area (Å²) in [6, 6.07) is 4.25. The Hall–Kier alpha value is -2.62. The molecule has 2 aliphatic rings. The molecule has 2 aliphatic heterocycles. The lowest BCUT2D eigenvalue weighted by Gasteiger charge is -2.31. The highest BCUT2D eigenvalue weighted by molar-refractivity contribution is 7.92. The summed E-state index contributed by atoms with van der Waals surface area (Å²) in [6.45, 7) is 4.21. The van der Waals surface area contributed by atoms with Crippen molar-refractivity contribution in [2.75, 3.05) is 31.6 Å². The maximum absolute atomic E-state index is 12.9. The Morgan fingerprint density at radius 1 is 1.30 bits per heavy atom. The monoisotopic (exact) mass is 438 g/mol. The number of rotatable bonds is 6. The minimum Gasteiger partial charge on any atom is -0.482 e. The Labute approximate surface area is 175 Å². The van der Waals surface area contributed by atoms with Crippen LogP contribution in [0.25, 0.3) is 0 Å². The Morgan fingerprint density at radius 2 is 2.00 bits per heavy atom. The molecule has 1 saturated heterocycles. The maximum atomic E-state index is 12.9. The molecule has 2 amide bonds. The van der Waals surface area contributed by atoms with E-state index in [1.807, 2.05) is 0 Å². The lowest BCUT2D eigenvalue weighted by Crippen LogP contribution is -2.42. The molecular weight excluding hydrogens is 412 g/mol. The van der Waals surface area contributed by atoms with Crippen molar-refractivity contribution in [1.29, 1.82) is 0 Å². The number of amides is 2. The second kappa shape index (κ2) is 9.03. The summed E-state index contributed by atoms with van der Waals surface area (Å²) in [4.78, 5) is 37.5. The summed E-state index contributed by atoms with van der Waals surface area (Å²) in [5.74, 6) is -0.730. The third-order valence-corrected chi connectivity index (χ3v) is 7.51. The Bertz CT molecular complexity index is 936.